The van der Waals surface area contributed by atoms with Crippen LogP contribution in [0.15, 0.2) is 34.9 Å². The number of likely N-dealkylation sites (N-methyl/N-ethyl adjacent to an activating group) is 1. The summed E-state index contributed by atoms with van der Waals surface area (Å²) in [7, 11) is 0. The molecule has 0 saturated carbocycles. The maximum atomic E-state index is 12.0. The average molecular weight is 302 g/mol. The number of thiocarbonyl (C=S) groups is 1. The van der Waals surface area contributed by atoms with Crippen LogP contribution in [-0.4, -0.2) is 16.8 Å². The Morgan fingerprint density at radius 3 is 2.80 bits per heavy atom. The number of anilines is 1. The van der Waals surface area contributed by atoms with Gasteiger partial charge in [-0.3, -0.25) is 4.79 Å². The number of carbonyl (C=O) groups is 1. The summed E-state index contributed by atoms with van der Waals surface area (Å²) in [6.07, 6.45) is 4.06. The van der Waals surface area contributed by atoms with Crippen molar-refractivity contribution in [3.63, 3.8) is 0 Å². The Hall–Kier alpha value is -1.59. The zero-order chi connectivity index (χ0) is 14.3. The first kappa shape index (κ1) is 13.4. The maximum absolute atomic E-state index is 12.0. The lowest BCUT2D eigenvalue weighted by atomic mass is 10.0. The van der Waals surface area contributed by atoms with Gasteiger partial charge >= 0.3 is 0 Å². The number of amides is 1. The predicted molar refractivity (Wildman–Crippen MR) is 88.6 cm³/mol. The van der Waals surface area contributed by atoms with Gasteiger partial charge in [0.15, 0.2) is 0 Å². The van der Waals surface area contributed by atoms with Gasteiger partial charge in [0.2, 0.25) is 0 Å². The van der Waals surface area contributed by atoms with Gasteiger partial charge < -0.3 is 10.2 Å². The van der Waals surface area contributed by atoms with Crippen molar-refractivity contribution in [3.05, 3.63) is 46.0 Å². The SMILES string of the molecule is CCN1/C(=C2/SC(=S)NC2=O)C=Cc2cc(C)ccc21. The largest absolute Gasteiger partial charge is 0.340 e. The highest BCUT2D eigenvalue weighted by atomic mass is 32.2. The van der Waals surface area contributed by atoms with Crippen LogP contribution in [0.25, 0.3) is 6.08 Å². The van der Waals surface area contributed by atoms with Crippen LogP contribution in [0.2, 0.25) is 0 Å². The highest BCUT2D eigenvalue weighted by Crippen LogP contribution is 2.37. The van der Waals surface area contributed by atoms with Crippen LogP contribution in [0.1, 0.15) is 18.1 Å². The molecule has 1 saturated heterocycles. The first-order valence-corrected chi connectivity index (χ1v) is 7.66. The van der Waals surface area contributed by atoms with Gasteiger partial charge in [-0.05, 0) is 37.6 Å². The zero-order valence-corrected chi connectivity index (χ0v) is 12.9. The molecular weight excluding hydrogens is 288 g/mol. The topological polar surface area (TPSA) is 32.3 Å². The van der Waals surface area contributed by atoms with Gasteiger partial charge in [0.1, 0.15) is 9.23 Å². The Morgan fingerprint density at radius 1 is 1.35 bits per heavy atom. The lowest BCUT2D eigenvalue weighted by molar-refractivity contribution is -0.115. The fourth-order valence-electron chi connectivity index (χ4n) is 2.46. The van der Waals surface area contributed by atoms with Gasteiger partial charge in [-0.1, -0.05) is 41.7 Å². The first-order chi connectivity index (χ1) is 9.60. The standard InChI is InChI=1S/C15H14N2OS2/c1-3-17-11-6-4-9(2)8-10(11)5-7-12(17)13-14(18)16-15(19)20-13/h4-8H,3H2,1-2H3,(H,16,18,19)/b13-12+. The highest BCUT2D eigenvalue weighted by Gasteiger charge is 2.29. The first-order valence-electron chi connectivity index (χ1n) is 6.44. The summed E-state index contributed by atoms with van der Waals surface area (Å²) in [5, 5.41) is 2.68. The Balaban J connectivity index is 2.13. The van der Waals surface area contributed by atoms with Crippen LogP contribution >= 0.6 is 24.0 Å². The van der Waals surface area contributed by atoms with Crippen molar-refractivity contribution in [1.82, 2.24) is 5.32 Å². The maximum Gasteiger partial charge on any atom is 0.265 e. The number of nitrogens with one attached hydrogen (secondary N) is 1. The summed E-state index contributed by atoms with van der Waals surface area (Å²) >= 11 is 6.40. The minimum Gasteiger partial charge on any atom is -0.340 e. The van der Waals surface area contributed by atoms with E-state index >= 15 is 0 Å². The molecule has 3 rings (SSSR count). The van der Waals surface area contributed by atoms with Crippen LogP contribution < -0.4 is 10.2 Å². The number of aryl methyl sites for hydroxylation is 1. The van der Waals surface area contributed by atoms with Crippen LogP contribution in [0, 0.1) is 6.92 Å². The van der Waals surface area contributed by atoms with Gasteiger partial charge in [0, 0.05) is 12.2 Å². The van der Waals surface area contributed by atoms with E-state index in [-0.39, 0.29) is 5.91 Å². The van der Waals surface area contributed by atoms with Crippen molar-refractivity contribution in [3.8, 4) is 0 Å². The van der Waals surface area contributed by atoms with E-state index in [0.29, 0.717) is 9.23 Å². The van der Waals surface area contributed by atoms with Gasteiger partial charge in [-0.15, -0.1) is 0 Å². The third-order valence-corrected chi connectivity index (χ3v) is 4.59. The third kappa shape index (κ3) is 2.17. The quantitative estimate of drug-likeness (QED) is 0.638. The second kappa shape index (κ2) is 5.07. The van der Waals surface area contributed by atoms with E-state index in [4.69, 9.17) is 12.2 Å². The molecule has 0 aromatic heterocycles. The summed E-state index contributed by atoms with van der Waals surface area (Å²) in [4.78, 5) is 14.8. The Morgan fingerprint density at radius 2 is 2.15 bits per heavy atom. The number of nitrogens with zero attached hydrogens (tertiary/aromatic N) is 1. The van der Waals surface area contributed by atoms with Crippen LogP contribution in [0.3, 0.4) is 0 Å². The molecule has 102 valence electrons. The van der Waals surface area contributed by atoms with E-state index in [1.165, 1.54) is 22.9 Å². The molecule has 1 aromatic carbocycles. The Labute approximate surface area is 127 Å². The molecule has 0 spiro atoms. The van der Waals surface area contributed by atoms with E-state index in [9.17, 15) is 4.79 Å². The van der Waals surface area contributed by atoms with E-state index in [0.717, 1.165) is 17.9 Å². The number of thioether (sulfide) groups is 1. The van der Waals surface area contributed by atoms with Crippen LogP contribution in [-0.2, 0) is 4.79 Å². The predicted octanol–water partition coefficient (Wildman–Crippen LogP) is 3.21. The van der Waals surface area contributed by atoms with E-state index in [2.05, 4.69) is 48.3 Å². The number of fused-ring (bicyclic) bond motifs is 1. The molecule has 2 aliphatic heterocycles. The molecule has 5 heteroatoms. The van der Waals surface area contributed by atoms with Crippen LogP contribution in [0.4, 0.5) is 5.69 Å². The molecule has 0 atom stereocenters. The Bertz CT molecular complexity index is 676. The molecule has 1 amide bonds. The number of benzene rings is 1. The minimum atomic E-state index is -0.103. The van der Waals surface area contributed by atoms with E-state index in [1.54, 1.807) is 0 Å². The number of hydrogen-bond acceptors (Lipinski definition) is 4. The second-order valence-corrected chi connectivity index (χ2v) is 6.39. The van der Waals surface area contributed by atoms with Crippen molar-refractivity contribution in [2.75, 3.05) is 11.4 Å². The summed E-state index contributed by atoms with van der Waals surface area (Å²) in [6.45, 7) is 4.97. The summed E-state index contributed by atoms with van der Waals surface area (Å²) in [6, 6.07) is 6.35. The normalized spacial score (nSPS) is 21.2. The molecule has 0 unspecified atom stereocenters. The monoisotopic (exact) mass is 302 g/mol. The molecule has 0 aliphatic carbocycles. The lowest BCUT2D eigenvalue weighted by Gasteiger charge is -2.30. The zero-order valence-electron chi connectivity index (χ0n) is 11.3. The lowest BCUT2D eigenvalue weighted by Crippen LogP contribution is -2.27. The minimum absolute atomic E-state index is 0.103. The highest BCUT2D eigenvalue weighted by molar-refractivity contribution is 8.26. The fraction of sp³-hybridized carbons (Fsp3) is 0.200. The molecule has 3 nitrogen and oxygen atoms in total. The number of hydrogen-bond donors (Lipinski definition) is 1. The number of allylic oxidation sites excluding steroid dienone is 1. The van der Waals surface area contributed by atoms with Gasteiger partial charge in [0.05, 0.1) is 5.70 Å². The molecule has 1 N–H and O–H groups in total. The molecular formula is C15H14N2OS2. The molecule has 20 heavy (non-hydrogen) atoms. The summed E-state index contributed by atoms with van der Waals surface area (Å²) in [5.41, 5.74) is 4.47. The number of rotatable bonds is 1. The van der Waals surface area contributed by atoms with Gasteiger partial charge in [0.25, 0.3) is 5.91 Å². The van der Waals surface area contributed by atoms with Crippen molar-refractivity contribution in [2.24, 2.45) is 0 Å². The third-order valence-electron chi connectivity index (χ3n) is 3.35. The second-order valence-electron chi connectivity index (χ2n) is 4.70. The van der Waals surface area contributed by atoms with Gasteiger partial charge in [-0.25, -0.2) is 0 Å². The van der Waals surface area contributed by atoms with Crippen molar-refractivity contribution in [1.29, 1.82) is 0 Å². The van der Waals surface area contributed by atoms with Gasteiger partial charge in [-0.2, -0.15) is 0 Å². The van der Waals surface area contributed by atoms with E-state index < -0.39 is 0 Å². The molecule has 0 radical (unpaired) electrons. The summed E-state index contributed by atoms with van der Waals surface area (Å²) < 4.78 is 0.525. The fourth-order valence-corrected chi connectivity index (χ4v) is 3.56. The molecule has 1 fully saturated rings. The molecule has 0 bridgehead atoms. The summed E-state index contributed by atoms with van der Waals surface area (Å²) in [5.74, 6) is -0.103. The van der Waals surface area contributed by atoms with E-state index in [1.807, 2.05) is 6.08 Å². The smallest absolute Gasteiger partial charge is 0.265 e. The van der Waals surface area contributed by atoms with Crippen molar-refractivity contribution in [2.45, 2.75) is 13.8 Å². The van der Waals surface area contributed by atoms with Crippen molar-refractivity contribution < 1.29 is 4.79 Å². The molecule has 2 heterocycles. The van der Waals surface area contributed by atoms with Crippen molar-refractivity contribution >= 4 is 46.0 Å². The molecule has 1 aromatic rings. The average Bonchev–Trinajstić information content (AvgIpc) is 2.76. The Kier molecular flexibility index (Phi) is 3.40. The number of carbonyl (C=O) groups excluding carboxylic acids is 1. The van der Waals surface area contributed by atoms with Crippen LogP contribution in [0.5, 0.6) is 0 Å². The molecule has 2 aliphatic rings.